The molecule has 0 saturated heterocycles. The van der Waals surface area contributed by atoms with Gasteiger partial charge in [0.1, 0.15) is 5.75 Å². The zero-order valence-corrected chi connectivity index (χ0v) is 17.8. The number of carbonyl (C=O) groups is 1. The first-order valence-corrected chi connectivity index (χ1v) is 11.0. The second kappa shape index (κ2) is 9.75. The molecule has 0 aliphatic carbocycles. The van der Waals surface area contributed by atoms with Gasteiger partial charge < -0.3 is 10.1 Å². The van der Waals surface area contributed by atoms with E-state index < -0.39 is 16.1 Å². The minimum absolute atomic E-state index is 0.0726. The SMILES string of the molecule is COc1ccc(NC(=O)CC(NS(=O)(=O)c2ccc(Cl)cc2)c2ccccc2)cc1. The van der Waals surface area contributed by atoms with Crippen LogP contribution in [0.3, 0.4) is 0 Å². The smallest absolute Gasteiger partial charge is 0.241 e. The van der Waals surface area contributed by atoms with Crippen molar-refractivity contribution in [1.82, 2.24) is 4.72 Å². The van der Waals surface area contributed by atoms with Crippen LogP contribution in [-0.2, 0) is 14.8 Å². The molecule has 0 saturated carbocycles. The van der Waals surface area contributed by atoms with Gasteiger partial charge in [0.2, 0.25) is 15.9 Å². The maximum Gasteiger partial charge on any atom is 0.241 e. The minimum Gasteiger partial charge on any atom is -0.497 e. The number of anilines is 1. The molecule has 156 valence electrons. The van der Waals surface area contributed by atoms with Gasteiger partial charge >= 0.3 is 0 Å². The van der Waals surface area contributed by atoms with E-state index in [1.165, 1.54) is 24.3 Å². The van der Waals surface area contributed by atoms with Crippen molar-refractivity contribution in [2.24, 2.45) is 0 Å². The van der Waals surface area contributed by atoms with E-state index in [1.54, 1.807) is 55.6 Å². The van der Waals surface area contributed by atoms with E-state index in [9.17, 15) is 13.2 Å². The summed E-state index contributed by atoms with van der Waals surface area (Å²) >= 11 is 5.85. The molecule has 2 N–H and O–H groups in total. The van der Waals surface area contributed by atoms with Crippen molar-refractivity contribution >= 4 is 33.2 Å². The van der Waals surface area contributed by atoms with Gasteiger partial charge in [-0.05, 0) is 54.1 Å². The monoisotopic (exact) mass is 444 g/mol. The standard InChI is InChI=1S/C22H21ClN2O4S/c1-29-19-11-9-18(10-12-19)24-22(26)15-21(16-5-3-2-4-6-16)25-30(27,28)20-13-7-17(23)8-14-20/h2-14,21,25H,15H2,1H3,(H,24,26). The largest absolute Gasteiger partial charge is 0.497 e. The second-order valence-electron chi connectivity index (χ2n) is 6.52. The highest BCUT2D eigenvalue weighted by Crippen LogP contribution is 2.23. The summed E-state index contributed by atoms with van der Waals surface area (Å²) in [4.78, 5) is 12.7. The number of halogens is 1. The van der Waals surface area contributed by atoms with Gasteiger partial charge in [0.25, 0.3) is 0 Å². The molecule has 1 unspecified atom stereocenters. The number of rotatable bonds is 8. The van der Waals surface area contributed by atoms with Crippen LogP contribution in [0.5, 0.6) is 5.75 Å². The predicted molar refractivity (Wildman–Crippen MR) is 117 cm³/mol. The predicted octanol–water partition coefficient (Wildman–Crippen LogP) is 4.40. The molecule has 30 heavy (non-hydrogen) atoms. The summed E-state index contributed by atoms with van der Waals surface area (Å²) in [6.45, 7) is 0. The minimum atomic E-state index is -3.86. The van der Waals surface area contributed by atoms with Gasteiger partial charge in [-0.1, -0.05) is 41.9 Å². The lowest BCUT2D eigenvalue weighted by atomic mass is 10.0. The Bertz CT molecular complexity index is 1090. The van der Waals surface area contributed by atoms with Crippen molar-refractivity contribution < 1.29 is 17.9 Å². The van der Waals surface area contributed by atoms with Crippen LogP contribution in [0.2, 0.25) is 5.02 Å². The van der Waals surface area contributed by atoms with Gasteiger partial charge in [-0.25, -0.2) is 13.1 Å². The van der Waals surface area contributed by atoms with E-state index in [0.717, 1.165) is 0 Å². The third kappa shape index (κ3) is 5.82. The fourth-order valence-electron chi connectivity index (χ4n) is 2.85. The Morgan fingerprint density at radius 3 is 2.20 bits per heavy atom. The molecule has 3 rings (SSSR count). The van der Waals surface area contributed by atoms with Crippen LogP contribution in [0.15, 0.2) is 83.8 Å². The van der Waals surface area contributed by atoms with Crippen LogP contribution in [0.1, 0.15) is 18.0 Å². The summed E-state index contributed by atoms with van der Waals surface area (Å²) < 4.78 is 33.4. The van der Waals surface area contributed by atoms with Gasteiger partial charge in [0.05, 0.1) is 18.0 Å². The number of hydrogen-bond donors (Lipinski definition) is 2. The Morgan fingerprint density at radius 1 is 0.967 bits per heavy atom. The zero-order chi connectivity index (χ0) is 21.6. The van der Waals surface area contributed by atoms with Crippen molar-refractivity contribution in [3.8, 4) is 5.75 Å². The highest BCUT2D eigenvalue weighted by atomic mass is 35.5. The number of amides is 1. The quantitative estimate of drug-likeness (QED) is 0.539. The topological polar surface area (TPSA) is 84.5 Å². The summed E-state index contributed by atoms with van der Waals surface area (Å²) in [5.41, 5.74) is 1.27. The first-order chi connectivity index (χ1) is 14.4. The molecule has 0 aliphatic heterocycles. The van der Waals surface area contributed by atoms with E-state index >= 15 is 0 Å². The highest BCUT2D eigenvalue weighted by Gasteiger charge is 2.24. The van der Waals surface area contributed by atoms with Crippen LogP contribution in [0, 0.1) is 0 Å². The van der Waals surface area contributed by atoms with Gasteiger partial charge in [-0.3, -0.25) is 4.79 Å². The first-order valence-electron chi connectivity index (χ1n) is 9.14. The maximum absolute atomic E-state index is 12.8. The van der Waals surface area contributed by atoms with Gasteiger partial charge in [0, 0.05) is 17.1 Å². The molecule has 0 heterocycles. The molecular formula is C22H21ClN2O4S. The normalized spacial score (nSPS) is 12.2. The molecule has 0 fully saturated rings. The number of methoxy groups -OCH3 is 1. The molecule has 8 heteroatoms. The van der Waals surface area contributed by atoms with Gasteiger partial charge in [-0.2, -0.15) is 0 Å². The van der Waals surface area contributed by atoms with Crippen molar-refractivity contribution in [2.45, 2.75) is 17.4 Å². The van der Waals surface area contributed by atoms with E-state index in [-0.39, 0.29) is 17.2 Å². The van der Waals surface area contributed by atoms with Gasteiger partial charge in [0.15, 0.2) is 0 Å². The number of ether oxygens (including phenoxy) is 1. The Kier molecular flexibility index (Phi) is 7.10. The molecule has 0 radical (unpaired) electrons. The summed E-state index contributed by atoms with van der Waals surface area (Å²) in [6, 6.07) is 20.9. The highest BCUT2D eigenvalue weighted by molar-refractivity contribution is 7.89. The summed E-state index contributed by atoms with van der Waals surface area (Å²) in [7, 11) is -2.30. The molecule has 0 aromatic heterocycles. The Balaban J connectivity index is 1.78. The third-order valence-electron chi connectivity index (χ3n) is 4.39. The van der Waals surface area contributed by atoms with Gasteiger partial charge in [-0.15, -0.1) is 0 Å². The van der Waals surface area contributed by atoms with E-state index in [2.05, 4.69) is 10.0 Å². The fraction of sp³-hybridized carbons (Fsp3) is 0.136. The lowest BCUT2D eigenvalue weighted by molar-refractivity contribution is -0.116. The molecule has 3 aromatic carbocycles. The van der Waals surface area contributed by atoms with Crippen LogP contribution < -0.4 is 14.8 Å². The number of nitrogens with one attached hydrogen (secondary N) is 2. The maximum atomic E-state index is 12.8. The van der Waals surface area contributed by atoms with Crippen LogP contribution in [0.25, 0.3) is 0 Å². The van der Waals surface area contributed by atoms with Crippen LogP contribution in [-0.4, -0.2) is 21.4 Å². The van der Waals surface area contributed by atoms with Crippen LogP contribution >= 0.6 is 11.6 Å². The Hall–Kier alpha value is -2.87. The number of hydrogen-bond acceptors (Lipinski definition) is 4. The molecular weight excluding hydrogens is 424 g/mol. The second-order valence-corrected chi connectivity index (χ2v) is 8.67. The summed E-state index contributed by atoms with van der Waals surface area (Å²) in [5.74, 6) is 0.346. The van der Waals surface area contributed by atoms with Crippen molar-refractivity contribution in [2.75, 3.05) is 12.4 Å². The van der Waals surface area contributed by atoms with Crippen molar-refractivity contribution in [3.05, 3.63) is 89.4 Å². The van der Waals surface area contributed by atoms with E-state index in [4.69, 9.17) is 16.3 Å². The average molecular weight is 445 g/mol. The van der Waals surface area contributed by atoms with Crippen molar-refractivity contribution in [3.63, 3.8) is 0 Å². The zero-order valence-electron chi connectivity index (χ0n) is 16.2. The molecule has 3 aromatic rings. The lowest BCUT2D eigenvalue weighted by Gasteiger charge is -2.19. The molecule has 0 bridgehead atoms. The lowest BCUT2D eigenvalue weighted by Crippen LogP contribution is -2.31. The van der Waals surface area contributed by atoms with E-state index in [1.807, 2.05) is 6.07 Å². The Labute approximate surface area is 180 Å². The molecule has 1 amide bonds. The Morgan fingerprint density at radius 2 is 1.60 bits per heavy atom. The number of sulfonamides is 1. The fourth-order valence-corrected chi connectivity index (χ4v) is 4.20. The number of carbonyl (C=O) groups excluding carboxylic acids is 1. The number of benzene rings is 3. The molecule has 0 aliphatic rings. The van der Waals surface area contributed by atoms with Crippen molar-refractivity contribution in [1.29, 1.82) is 0 Å². The summed E-state index contributed by atoms with van der Waals surface area (Å²) in [6.07, 6.45) is -0.0805. The first kappa shape index (κ1) is 21.8. The third-order valence-corrected chi connectivity index (χ3v) is 6.13. The van der Waals surface area contributed by atoms with Crippen LogP contribution in [0.4, 0.5) is 5.69 Å². The summed E-state index contributed by atoms with van der Waals surface area (Å²) in [5, 5.41) is 3.22. The molecule has 1 atom stereocenters. The average Bonchev–Trinajstić information content (AvgIpc) is 2.74. The molecule has 6 nitrogen and oxygen atoms in total. The molecule has 0 spiro atoms. The van der Waals surface area contributed by atoms with E-state index in [0.29, 0.717) is 22.0 Å².